The van der Waals surface area contributed by atoms with Crippen LogP contribution in [0.2, 0.25) is 0 Å². The van der Waals surface area contributed by atoms with Crippen molar-refractivity contribution in [1.29, 1.82) is 0 Å². The highest BCUT2D eigenvalue weighted by molar-refractivity contribution is 5.71. The molecule has 1 heterocycles. The second-order valence-corrected chi connectivity index (χ2v) is 5.53. The van der Waals surface area contributed by atoms with Gasteiger partial charge in [-0.05, 0) is 17.7 Å². The summed E-state index contributed by atoms with van der Waals surface area (Å²) in [6.45, 7) is 3.71. The number of likely N-dealkylation sites (tertiary alicyclic amines) is 1. The van der Waals surface area contributed by atoms with E-state index in [1.807, 2.05) is 0 Å². The molecule has 2 atom stereocenters. The number of carboxylic acid groups (broad SMARTS) is 1. The molecule has 0 saturated carbocycles. The van der Waals surface area contributed by atoms with Crippen molar-refractivity contribution in [2.45, 2.75) is 12.7 Å². The highest BCUT2D eigenvalue weighted by Crippen LogP contribution is 2.38. The molecule has 1 fully saturated rings. The first-order valence-corrected chi connectivity index (χ1v) is 7.15. The molecule has 0 spiro atoms. The summed E-state index contributed by atoms with van der Waals surface area (Å²) in [6.07, 6.45) is -2.91. The molecule has 0 amide bonds. The lowest BCUT2D eigenvalue weighted by Crippen LogP contribution is -2.33. The molecule has 0 unspecified atom stereocenters. The van der Waals surface area contributed by atoms with Gasteiger partial charge in [-0.2, -0.15) is 13.2 Å². The Kier molecular flexibility index (Phi) is 5.30. The number of halogens is 3. The summed E-state index contributed by atoms with van der Waals surface area (Å²) in [5.74, 6) is -4.06. The summed E-state index contributed by atoms with van der Waals surface area (Å²) < 4.78 is 44.3. The predicted molar refractivity (Wildman–Crippen MR) is 78.1 cm³/mol. The van der Waals surface area contributed by atoms with E-state index in [4.69, 9.17) is 9.84 Å². The molecule has 1 aromatic carbocycles. The molecule has 1 aliphatic heterocycles. The van der Waals surface area contributed by atoms with Gasteiger partial charge in [-0.3, -0.25) is 9.69 Å². The van der Waals surface area contributed by atoms with Crippen LogP contribution in [0.25, 0.3) is 0 Å². The molecule has 1 aliphatic rings. The number of nitrogens with zero attached hydrogens (tertiary/aromatic N) is 1. The van der Waals surface area contributed by atoms with Gasteiger partial charge in [0.1, 0.15) is 12.4 Å². The molecule has 0 bridgehead atoms. The van der Waals surface area contributed by atoms with Crippen molar-refractivity contribution in [2.75, 3.05) is 19.7 Å². The lowest BCUT2D eigenvalue weighted by Gasteiger charge is -2.18. The maximum atomic E-state index is 13.0. The predicted octanol–water partition coefficient (Wildman–Crippen LogP) is 2.95. The van der Waals surface area contributed by atoms with Gasteiger partial charge in [0.05, 0.1) is 11.8 Å². The third kappa shape index (κ3) is 4.48. The van der Waals surface area contributed by atoms with E-state index in [-0.39, 0.29) is 19.6 Å². The third-order valence-corrected chi connectivity index (χ3v) is 3.81. The van der Waals surface area contributed by atoms with E-state index in [2.05, 4.69) is 6.58 Å². The summed E-state index contributed by atoms with van der Waals surface area (Å²) >= 11 is 0. The zero-order chi connectivity index (χ0) is 17.0. The molecule has 2 rings (SSSR count). The first-order chi connectivity index (χ1) is 10.8. The summed E-state index contributed by atoms with van der Waals surface area (Å²) in [6, 6.07) is 7.01. The van der Waals surface area contributed by atoms with Gasteiger partial charge < -0.3 is 9.84 Å². The minimum absolute atomic E-state index is 0.114. The highest BCUT2D eigenvalue weighted by atomic mass is 19.4. The average molecular weight is 329 g/mol. The van der Waals surface area contributed by atoms with Crippen LogP contribution in [0.5, 0.6) is 5.75 Å². The number of carboxylic acids is 1. The maximum Gasteiger partial charge on any atom is 0.393 e. The first kappa shape index (κ1) is 17.3. The molecule has 1 aromatic rings. The molecule has 1 saturated heterocycles. The Bertz CT molecular complexity index is 574. The Balaban J connectivity index is 2.06. The quantitative estimate of drug-likeness (QED) is 0.815. The molecule has 1 N–H and O–H groups in total. The number of rotatable bonds is 6. The van der Waals surface area contributed by atoms with Crippen LogP contribution in [-0.4, -0.2) is 41.8 Å². The summed E-state index contributed by atoms with van der Waals surface area (Å²) in [4.78, 5) is 12.6. The first-order valence-electron chi connectivity index (χ1n) is 7.15. The summed E-state index contributed by atoms with van der Waals surface area (Å²) in [5.41, 5.74) is 0.776. The minimum atomic E-state index is -4.51. The van der Waals surface area contributed by atoms with Gasteiger partial charge in [-0.15, -0.1) is 0 Å². The fourth-order valence-electron chi connectivity index (χ4n) is 2.74. The Morgan fingerprint density at radius 3 is 2.74 bits per heavy atom. The zero-order valence-electron chi connectivity index (χ0n) is 12.4. The number of alkyl halides is 3. The van der Waals surface area contributed by atoms with Gasteiger partial charge in [-0.25, -0.2) is 0 Å². The van der Waals surface area contributed by atoms with Crippen LogP contribution in [0.4, 0.5) is 13.2 Å². The number of carbonyl (C=O) groups is 1. The van der Waals surface area contributed by atoms with E-state index < -0.39 is 24.0 Å². The van der Waals surface area contributed by atoms with Gasteiger partial charge in [0, 0.05) is 19.6 Å². The Hall–Kier alpha value is -2.02. The zero-order valence-corrected chi connectivity index (χ0v) is 12.4. The van der Waals surface area contributed by atoms with Crippen LogP contribution >= 0.6 is 0 Å². The number of benzene rings is 1. The van der Waals surface area contributed by atoms with Gasteiger partial charge in [0.2, 0.25) is 0 Å². The van der Waals surface area contributed by atoms with Crippen molar-refractivity contribution in [3.05, 3.63) is 42.5 Å². The Morgan fingerprint density at radius 2 is 2.17 bits per heavy atom. The van der Waals surface area contributed by atoms with Gasteiger partial charge >= 0.3 is 12.1 Å². The van der Waals surface area contributed by atoms with Crippen molar-refractivity contribution in [3.8, 4) is 5.75 Å². The molecular weight excluding hydrogens is 311 g/mol. The van der Waals surface area contributed by atoms with E-state index in [1.54, 1.807) is 30.3 Å². The van der Waals surface area contributed by atoms with Crippen LogP contribution in [0.1, 0.15) is 5.56 Å². The number of hydrogen-bond donors (Lipinski definition) is 1. The standard InChI is InChI=1S/C16H18F3NO3/c1-2-6-23-12-5-3-4-11(7-12)8-20-9-13(15(21)22)14(10-20)16(17,18)19/h2-5,7,13-14H,1,6,8-10H2,(H,21,22)/t13-,14-/m1/s1. The van der Waals surface area contributed by atoms with Crippen LogP contribution in [0.15, 0.2) is 36.9 Å². The highest BCUT2D eigenvalue weighted by Gasteiger charge is 2.52. The molecule has 7 heteroatoms. The molecular formula is C16H18F3NO3. The van der Waals surface area contributed by atoms with E-state index in [0.717, 1.165) is 5.56 Å². The largest absolute Gasteiger partial charge is 0.490 e. The lowest BCUT2D eigenvalue weighted by atomic mass is 9.96. The van der Waals surface area contributed by atoms with Crippen molar-refractivity contribution >= 4 is 5.97 Å². The Labute approximate surface area is 132 Å². The molecule has 23 heavy (non-hydrogen) atoms. The van der Waals surface area contributed by atoms with Gasteiger partial charge in [0.25, 0.3) is 0 Å². The van der Waals surface area contributed by atoms with Crippen molar-refractivity contribution in [3.63, 3.8) is 0 Å². The molecule has 4 nitrogen and oxygen atoms in total. The van der Waals surface area contributed by atoms with E-state index >= 15 is 0 Å². The van der Waals surface area contributed by atoms with Crippen LogP contribution in [0.3, 0.4) is 0 Å². The second kappa shape index (κ2) is 7.04. The molecule has 0 aromatic heterocycles. The number of ether oxygens (including phenoxy) is 1. The lowest BCUT2D eigenvalue weighted by molar-refractivity contribution is -0.188. The monoisotopic (exact) mass is 329 g/mol. The van der Waals surface area contributed by atoms with Crippen LogP contribution < -0.4 is 4.74 Å². The molecule has 0 radical (unpaired) electrons. The van der Waals surface area contributed by atoms with Gasteiger partial charge in [-0.1, -0.05) is 24.8 Å². The normalized spacial score (nSPS) is 22.0. The second-order valence-electron chi connectivity index (χ2n) is 5.53. The van der Waals surface area contributed by atoms with E-state index in [0.29, 0.717) is 12.4 Å². The number of aliphatic carboxylic acids is 1. The summed E-state index contributed by atoms with van der Waals surface area (Å²) in [5, 5.41) is 9.02. The third-order valence-electron chi connectivity index (χ3n) is 3.81. The average Bonchev–Trinajstić information content (AvgIpc) is 2.90. The smallest absolute Gasteiger partial charge is 0.393 e. The SMILES string of the molecule is C=CCOc1cccc(CN2C[C@@H](C(F)(F)F)[C@H](C(=O)O)C2)c1. The molecule has 0 aliphatic carbocycles. The maximum absolute atomic E-state index is 13.0. The topological polar surface area (TPSA) is 49.8 Å². The molecule has 126 valence electrons. The Morgan fingerprint density at radius 1 is 1.43 bits per heavy atom. The minimum Gasteiger partial charge on any atom is -0.490 e. The number of hydrogen-bond acceptors (Lipinski definition) is 3. The fraction of sp³-hybridized carbons (Fsp3) is 0.438. The van der Waals surface area contributed by atoms with E-state index in [9.17, 15) is 18.0 Å². The van der Waals surface area contributed by atoms with Crippen LogP contribution in [-0.2, 0) is 11.3 Å². The van der Waals surface area contributed by atoms with Crippen molar-refractivity contribution < 1.29 is 27.8 Å². The fourth-order valence-corrected chi connectivity index (χ4v) is 2.74. The summed E-state index contributed by atoms with van der Waals surface area (Å²) in [7, 11) is 0. The van der Waals surface area contributed by atoms with Crippen LogP contribution in [0, 0.1) is 11.8 Å². The van der Waals surface area contributed by atoms with Crippen molar-refractivity contribution in [2.24, 2.45) is 11.8 Å². The van der Waals surface area contributed by atoms with Gasteiger partial charge in [0.15, 0.2) is 0 Å². The van der Waals surface area contributed by atoms with Crippen molar-refractivity contribution in [1.82, 2.24) is 4.90 Å². The van der Waals surface area contributed by atoms with E-state index in [1.165, 1.54) is 4.90 Å².